The molecule has 0 saturated carbocycles. The van der Waals surface area contributed by atoms with Gasteiger partial charge in [0.15, 0.2) is 11.6 Å². The Bertz CT molecular complexity index is 1540. The molecule has 1 saturated heterocycles. The summed E-state index contributed by atoms with van der Waals surface area (Å²) in [6, 6.07) is 14.8. The maximum Gasteiger partial charge on any atom is 0.260 e. The van der Waals surface area contributed by atoms with Crippen LogP contribution in [-0.2, 0) is 4.79 Å². The van der Waals surface area contributed by atoms with Crippen LogP contribution in [0.15, 0.2) is 64.2 Å². The number of amides is 1. The molecule has 0 radical (unpaired) electrons. The Morgan fingerprint density at radius 2 is 1.92 bits per heavy atom. The molecule has 0 aliphatic carbocycles. The van der Waals surface area contributed by atoms with Crippen molar-refractivity contribution >= 4 is 34.8 Å². The predicted octanol–water partition coefficient (Wildman–Crippen LogP) is 5.02. The van der Waals surface area contributed by atoms with Crippen molar-refractivity contribution in [3.63, 3.8) is 0 Å². The molecule has 10 heteroatoms. The van der Waals surface area contributed by atoms with Gasteiger partial charge in [0.05, 0.1) is 36.6 Å². The standard InChI is InChI=1S/C27H22ClN5O4/c1-14-23(15(2)37-32-14)27(35)33-12-21-25(22(34)13-33)24(20-11-29-31-26(20)30-21)16-4-3-5-19(10-16)36-18-8-6-17(28)7-9-18/h3-11,24-25H,12-13H2,1-2H3,(H,29,31). The number of ketones is 1. The van der Waals surface area contributed by atoms with Crippen LogP contribution in [-0.4, -0.2) is 50.7 Å². The van der Waals surface area contributed by atoms with Crippen molar-refractivity contribution in [1.82, 2.24) is 20.3 Å². The number of nitrogens with one attached hydrogen (secondary N) is 1. The van der Waals surface area contributed by atoms with E-state index in [2.05, 4.69) is 15.4 Å². The Hall–Kier alpha value is -4.24. The minimum absolute atomic E-state index is 0.0305. The van der Waals surface area contributed by atoms with E-state index in [1.807, 2.05) is 24.3 Å². The number of halogens is 1. The number of likely N-dealkylation sites (tertiary alicyclic amines) is 1. The van der Waals surface area contributed by atoms with Crippen molar-refractivity contribution in [2.45, 2.75) is 19.8 Å². The first kappa shape index (κ1) is 23.2. The van der Waals surface area contributed by atoms with Crippen LogP contribution < -0.4 is 4.74 Å². The zero-order chi connectivity index (χ0) is 25.7. The topological polar surface area (TPSA) is 114 Å². The van der Waals surface area contributed by atoms with Gasteiger partial charge < -0.3 is 14.2 Å². The number of carbonyl (C=O) groups is 2. The summed E-state index contributed by atoms with van der Waals surface area (Å²) in [5.74, 6) is 1.06. The highest BCUT2D eigenvalue weighted by Gasteiger charge is 2.45. The molecule has 4 heterocycles. The fourth-order valence-electron chi connectivity index (χ4n) is 5.11. The number of hydrogen-bond donors (Lipinski definition) is 1. The lowest BCUT2D eigenvalue weighted by Crippen LogP contribution is -2.52. The molecule has 0 bridgehead atoms. The Balaban J connectivity index is 1.33. The van der Waals surface area contributed by atoms with E-state index >= 15 is 0 Å². The first-order chi connectivity index (χ1) is 17.9. The van der Waals surface area contributed by atoms with Gasteiger partial charge >= 0.3 is 0 Å². The molecule has 2 aliphatic heterocycles. The van der Waals surface area contributed by atoms with E-state index < -0.39 is 5.92 Å². The van der Waals surface area contributed by atoms with E-state index in [0.29, 0.717) is 45.1 Å². The number of nitrogens with zero attached hydrogens (tertiary/aromatic N) is 4. The molecule has 9 nitrogen and oxygen atoms in total. The molecule has 2 unspecified atom stereocenters. The summed E-state index contributed by atoms with van der Waals surface area (Å²) in [7, 11) is 0. The van der Waals surface area contributed by atoms with Crippen LogP contribution in [0, 0.1) is 19.8 Å². The van der Waals surface area contributed by atoms with Gasteiger partial charge in [-0.15, -0.1) is 0 Å². The summed E-state index contributed by atoms with van der Waals surface area (Å²) in [4.78, 5) is 33.1. The third-order valence-corrected chi connectivity index (χ3v) is 7.03. The zero-order valence-corrected chi connectivity index (χ0v) is 20.8. The van der Waals surface area contributed by atoms with Crippen LogP contribution in [0.1, 0.15) is 38.9 Å². The fourth-order valence-corrected chi connectivity index (χ4v) is 5.23. The summed E-state index contributed by atoms with van der Waals surface area (Å²) < 4.78 is 11.2. The molecule has 1 fully saturated rings. The van der Waals surface area contributed by atoms with E-state index in [1.165, 1.54) is 4.90 Å². The molecule has 2 aromatic carbocycles. The summed E-state index contributed by atoms with van der Waals surface area (Å²) in [6.07, 6.45) is 1.71. The number of carbonyl (C=O) groups excluding carboxylic acids is 2. The van der Waals surface area contributed by atoms with Crippen LogP contribution in [0.5, 0.6) is 11.5 Å². The zero-order valence-electron chi connectivity index (χ0n) is 20.1. The summed E-state index contributed by atoms with van der Waals surface area (Å²) >= 11 is 5.99. The first-order valence-corrected chi connectivity index (χ1v) is 12.2. The first-order valence-electron chi connectivity index (χ1n) is 11.8. The smallest absolute Gasteiger partial charge is 0.260 e. The summed E-state index contributed by atoms with van der Waals surface area (Å²) in [5, 5.41) is 11.6. The number of ether oxygens (including phenoxy) is 1. The van der Waals surface area contributed by atoms with E-state index in [-0.39, 0.29) is 30.7 Å². The van der Waals surface area contributed by atoms with Gasteiger partial charge in [0, 0.05) is 16.5 Å². The van der Waals surface area contributed by atoms with Gasteiger partial charge in [0.1, 0.15) is 22.8 Å². The van der Waals surface area contributed by atoms with Crippen molar-refractivity contribution in [2.75, 3.05) is 13.1 Å². The van der Waals surface area contributed by atoms with Gasteiger partial charge in [-0.3, -0.25) is 14.7 Å². The molecule has 2 aliphatic rings. The molecule has 1 N–H and O–H groups in total. The predicted molar refractivity (Wildman–Crippen MR) is 136 cm³/mol. The normalized spacial score (nSPS) is 18.7. The Kier molecular flexibility index (Phi) is 5.64. The van der Waals surface area contributed by atoms with Gasteiger partial charge in [-0.1, -0.05) is 28.9 Å². The molecule has 6 rings (SSSR count). The molecule has 2 atom stereocenters. The summed E-state index contributed by atoms with van der Waals surface area (Å²) in [5.41, 5.74) is 3.21. The molecule has 1 amide bonds. The van der Waals surface area contributed by atoms with Crippen LogP contribution in [0.3, 0.4) is 0 Å². The van der Waals surface area contributed by atoms with Crippen molar-refractivity contribution < 1.29 is 18.8 Å². The molecular weight excluding hydrogens is 494 g/mol. The van der Waals surface area contributed by atoms with Gasteiger partial charge in [-0.25, -0.2) is 4.99 Å². The number of aryl methyl sites for hydroxylation is 2. The van der Waals surface area contributed by atoms with Crippen molar-refractivity contribution in [2.24, 2.45) is 10.9 Å². The van der Waals surface area contributed by atoms with Gasteiger partial charge in [0.25, 0.3) is 5.91 Å². The highest BCUT2D eigenvalue weighted by atomic mass is 35.5. The van der Waals surface area contributed by atoms with Gasteiger partial charge in [-0.05, 0) is 55.8 Å². The Labute approximate surface area is 217 Å². The number of piperidine rings is 1. The minimum Gasteiger partial charge on any atom is -0.457 e. The van der Waals surface area contributed by atoms with E-state index in [4.69, 9.17) is 25.9 Å². The Morgan fingerprint density at radius 1 is 1.11 bits per heavy atom. The average Bonchev–Trinajstić information content (AvgIpc) is 3.49. The molecular formula is C27H22ClN5O4. The number of aromatic amines is 1. The Morgan fingerprint density at radius 3 is 2.68 bits per heavy atom. The van der Waals surface area contributed by atoms with Crippen LogP contribution in [0.2, 0.25) is 5.02 Å². The maximum absolute atomic E-state index is 13.6. The number of aliphatic imine (C=N–C) groups is 1. The second-order valence-corrected chi connectivity index (χ2v) is 9.62. The third-order valence-electron chi connectivity index (χ3n) is 6.78. The monoisotopic (exact) mass is 515 g/mol. The molecule has 186 valence electrons. The third kappa shape index (κ3) is 4.11. The lowest BCUT2D eigenvalue weighted by atomic mass is 9.73. The van der Waals surface area contributed by atoms with Crippen LogP contribution in [0.25, 0.3) is 0 Å². The molecule has 4 aromatic rings. The van der Waals surface area contributed by atoms with Crippen molar-refractivity contribution in [1.29, 1.82) is 0 Å². The van der Waals surface area contributed by atoms with Crippen molar-refractivity contribution in [3.8, 4) is 11.5 Å². The lowest BCUT2D eigenvalue weighted by molar-refractivity contribution is -0.122. The van der Waals surface area contributed by atoms with E-state index in [9.17, 15) is 9.59 Å². The maximum atomic E-state index is 13.6. The van der Waals surface area contributed by atoms with E-state index in [0.717, 1.165) is 11.1 Å². The van der Waals surface area contributed by atoms with E-state index in [1.54, 1.807) is 44.3 Å². The molecule has 0 spiro atoms. The molecule has 37 heavy (non-hydrogen) atoms. The number of benzene rings is 2. The highest BCUT2D eigenvalue weighted by molar-refractivity contribution is 6.30. The number of hydrogen-bond acceptors (Lipinski definition) is 7. The number of aromatic nitrogens is 3. The number of rotatable bonds is 4. The number of fused-ring (bicyclic) bond motifs is 2. The second-order valence-electron chi connectivity index (χ2n) is 9.19. The highest BCUT2D eigenvalue weighted by Crippen LogP contribution is 2.44. The number of H-pyrrole nitrogens is 1. The number of Topliss-reactive ketones (excluding diaryl/α,β-unsaturated/α-hetero) is 1. The quantitative estimate of drug-likeness (QED) is 0.408. The average molecular weight is 516 g/mol. The minimum atomic E-state index is -0.524. The van der Waals surface area contributed by atoms with Gasteiger partial charge in [0.2, 0.25) is 0 Å². The SMILES string of the molecule is Cc1noc(C)c1C(=O)N1CC(=O)C2C(=Nc3[nH]ncc3C2c2cccc(Oc3ccc(Cl)cc3)c2)C1. The largest absolute Gasteiger partial charge is 0.457 e. The van der Waals surface area contributed by atoms with Crippen LogP contribution in [0.4, 0.5) is 5.82 Å². The van der Waals surface area contributed by atoms with Gasteiger partial charge in [-0.2, -0.15) is 5.10 Å². The van der Waals surface area contributed by atoms with Crippen LogP contribution >= 0.6 is 11.6 Å². The lowest BCUT2D eigenvalue weighted by Gasteiger charge is -2.38. The fraction of sp³-hybridized carbons (Fsp3) is 0.222. The molecule has 2 aromatic heterocycles. The second kappa shape index (κ2) is 9.01. The summed E-state index contributed by atoms with van der Waals surface area (Å²) in [6.45, 7) is 3.58. The van der Waals surface area contributed by atoms with Crippen molar-refractivity contribution in [3.05, 3.63) is 87.9 Å².